The number of imide groups is 1. The Bertz CT molecular complexity index is 943. The van der Waals surface area contributed by atoms with Crippen molar-refractivity contribution in [3.05, 3.63) is 35.9 Å². The molecule has 0 saturated carbocycles. The third-order valence-corrected chi connectivity index (χ3v) is 5.45. The number of aliphatic imine (C=N–C) groups is 1. The molecule has 0 aromatic heterocycles. The lowest BCUT2D eigenvalue weighted by atomic mass is 10.0. The SMILES string of the molecule is COC12C(=O)N(C)C(=O)[N+](C)(OC)C1N=C(C=Cc1ccc(OC(C)=O)cc1)N2C. The van der Waals surface area contributed by atoms with E-state index < -0.39 is 34.4 Å². The van der Waals surface area contributed by atoms with Crippen molar-refractivity contribution in [2.75, 3.05) is 35.4 Å². The van der Waals surface area contributed by atoms with E-state index in [1.54, 1.807) is 55.4 Å². The summed E-state index contributed by atoms with van der Waals surface area (Å²) < 4.78 is 10.1. The van der Waals surface area contributed by atoms with Crippen molar-refractivity contribution >= 4 is 29.8 Å². The lowest BCUT2D eigenvalue weighted by Gasteiger charge is -2.47. The third-order valence-electron chi connectivity index (χ3n) is 5.45. The molecule has 0 N–H and O–H groups in total. The van der Waals surface area contributed by atoms with Gasteiger partial charge >= 0.3 is 17.7 Å². The van der Waals surface area contributed by atoms with Crippen molar-refractivity contribution in [1.29, 1.82) is 0 Å². The predicted molar refractivity (Wildman–Crippen MR) is 107 cm³/mol. The van der Waals surface area contributed by atoms with Crippen LogP contribution >= 0.6 is 0 Å². The summed E-state index contributed by atoms with van der Waals surface area (Å²) in [5.41, 5.74) is -0.696. The van der Waals surface area contributed by atoms with E-state index in [0.29, 0.717) is 11.6 Å². The van der Waals surface area contributed by atoms with Crippen molar-refractivity contribution in [1.82, 2.24) is 9.80 Å². The van der Waals surface area contributed by atoms with Crippen LogP contribution in [0.15, 0.2) is 35.3 Å². The summed E-state index contributed by atoms with van der Waals surface area (Å²) in [4.78, 5) is 49.5. The van der Waals surface area contributed by atoms with E-state index >= 15 is 0 Å². The van der Waals surface area contributed by atoms with E-state index in [-0.39, 0.29) is 0 Å². The van der Waals surface area contributed by atoms with Crippen LogP contribution < -0.4 is 4.74 Å². The molecule has 3 unspecified atom stereocenters. The quantitative estimate of drug-likeness (QED) is 0.404. The molecule has 10 nitrogen and oxygen atoms in total. The van der Waals surface area contributed by atoms with Gasteiger partial charge in [0.25, 0.3) is 12.1 Å². The Morgan fingerprint density at radius 2 is 1.80 bits per heavy atom. The van der Waals surface area contributed by atoms with Crippen molar-refractivity contribution < 1.29 is 33.3 Å². The van der Waals surface area contributed by atoms with Crippen LogP contribution in [0.4, 0.5) is 4.79 Å². The normalized spacial score (nSPS) is 28.7. The summed E-state index contributed by atoms with van der Waals surface area (Å²) in [6.45, 7) is 1.34. The Kier molecular flexibility index (Phi) is 5.50. The molecule has 0 radical (unpaired) electrons. The highest BCUT2D eigenvalue weighted by molar-refractivity contribution is 6.06. The lowest BCUT2D eigenvalue weighted by molar-refractivity contribution is -1.05. The topological polar surface area (TPSA) is 97.7 Å². The highest BCUT2D eigenvalue weighted by atomic mass is 16.7. The maximum atomic E-state index is 13.1. The molecule has 0 aliphatic carbocycles. The molecule has 1 fully saturated rings. The molecular formula is C20H25N4O6+. The number of rotatable bonds is 5. The zero-order valence-electron chi connectivity index (χ0n) is 17.8. The van der Waals surface area contributed by atoms with E-state index in [1.807, 2.05) is 0 Å². The van der Waals surface area contributed by atoms with E-state index in [2.05, 4.69) is 4.99 Å². The number of methoxy groups -OCH3 is 1. The van der Waals surface area contributed by atoms with Gasteiger partial charge in [-0.2, -0.15) is 4.84 Å². The first kappa shape index (κ1) is 21.6. The zero-order valence-corrected chi connectivity index (χ0v) is 17.8. The zero-order chi connectivity index (χ0) is 22.3. The number of fused-ring (bicyclic) bond motifs is 1. The molecule has 3 atom stereocenters. The highest BCUT2D eigenvalue weighted by Crippen LogP contribution is 2.41. The summed E-state index contributed by atoms with van der Waals surface area (Å²) >= 11 is 0. The molecule has 3 amide bonds. The average Bonchev–Trinajstić information content (AvgIpc) is 3.03. The van der Waals surface area contributed by atoms with Gasteiger partial charge in [0.05, 0.1) is 7.11 Å². The molecule has 160 valence electrons. The van der Waals surface area contributed by atoms with Crippen LogP contribution in [0.2, 0.25) is 0 Å². The Balaban J connectivity index is 1.95. The number of hydroxylamine groups is 3. The predicted octanol–water partition coefficient (Wildman–Crippen LogP) is 1.24. The maximum absolute atomic E-state index is 13.1. The van der Waals surface area contributed by atoms with E-state index in [1.165, 1.54) is 28.2 Å². The maximum Gasteiger partial charge on any atom is 0.460 e. The van der Waals surface area contributed by atoms with Crippen LogP contribution in [-0.4, -0.2) is 85.4 Å². The average molecular weight is 417 g/mol. The molecule has 1 aromatic rings. The smallest absolute Gasteiger partial charge is 0.427 e. The van der Waals surface area contributed by atoms with Gasteiger partial charge in [-0.05, 0) is 23.8 Å². The Morgan fingerprint density at radius 1 is 1.17 bits per heavy atom. The van der Waals surface area contributed by atoms with Crippen molar-refractivity contribution in [3.8, 4) is 5.75 Å². The van der Waals surface area contributed by atoms with Crippen molar-refractivity contribution in [2.24, 2.45) is 4.99 Å². The molecular weight excluding hydrogens is 392 g/mol. The molecule has 0 bridgehead atoms. The minimum atomic E-state index is -1.52. The van der Waals surface area contributed by atoms with Crippen molar-refractivity contribution in [2.45, 2.75) is 18.8 Å². The summed E-state index contributed by atoms with van der Waals surface area (Å²) in [6.07, 6.45) is 2.57. The number of urea groups is 1. The molecule has 3 rings (SSSR count). The summed E-state index contributed by atoms with van der Waals surface area (Å²) in [5, 5.41) is 0. The fourth-order valence-corrected chi connectivity index (χ4v) is 3.72. The molecule has 1 aromatic carbocycles. The van der Waals surface area contributed by atoms with Gasteiger partial charge in [0.1, 0.15) is 18.6 Å². The largest absolute Gasteiger partial charge is 0.460 e. The molecule has 1 saturated heterocycles. The number of esters is 1. The van der Waals surface area contributed by atoms with Gasteiger partial charge in [0, 0.05) is 28.1 Å². The van der Waals surface area contributed by atoms with Crippen LogP contribution in [0.25, 0.3) is 6.08 Å². The van der Waals surface area contributed by atoms with E-state index in [0.717, 1.165) is 10.5 Å². The molecule has 2 aliphatic rings. The molecule has 2 aliphatic heterocycles. The molecule has 30 heavy (non-hydrogen) atoms. The molecule has 0 spiro atoms. The minimum Gasteiger partial charge on any atom is -0.427 e. The van der Waals surface area contributed by atoms with Gasteiger partial charge in [-0.25, -0.2) is 14.7 Å². The van der Waals surface area contributed by atoms with Gasteiger partial charge in [0.2, 0.25) is 0 Å². The van der Waals surface area contributed by atoms with Gasteiger partial charge < -0.3 is 14.4 Å². The van der Waals surface area contributed by atoms with Gasteiger partial charge in [-0.15, -0.1) is 0 Å². The summed E-state index contributed by atoms with van der Waals surface area (Å²) in [6, 6.07) is 6.37. The number of carbonyl (C=O) groups excluding carboxylic acids is 3. The van der Waals surface area contributed by atoms with Crippen LogP contribution in [0.5, 0.6) is 5.75 Å². The van der Waals surface area contributed by atoms with E-state index in [4.69, 9.17) is 14.3 Å². The monoisotopic (exact) mass is 417 g/mol. The van der Waals surface area contributed by atoms with Crippen LogP contribution in [0, 0.1) is 0 Å². The number of hydrogen-bond donors (Lipinski definition) is 0. The second-order valence-electron chi connectivity index (χ2n) is 7.14. The molecule has 10 heteroatoms. The first-order valence-corrected chi connectivity index (χ1v) is 9.19. The number of amides is 3. The second-order valence-corrected chi connectivity index (χ2v) is 7.14. The Labute approximate surface area is 174 Å². The fourth-order valence-electron chi connectivity index (χ4n) is 3.72. The van der Waals surface area contributed by atoms with Crippen LogP contribution in [0.1, 0.15) is 12.5 Å². The third kappa shape index (κ3) is 3.09. The number of carbonyl (C=O) groups is 3. The number of likely N-dealkylation sites (N-methyl/N-ethyl adjacent to an activating group) is 3. The fraction of sp³-hybridized carbons (Fsp3) is 0.400. The summed E-state index contributed by atoms with van der Waals surface area (Å²) in [5.74, 6) is -0.0207. The number of amidine groups is 1. The highest BCUT2D eigenvalue weighted by Gasteiger charge is 2.72. The Hall–Kier alpha value is -3.08. The first-order valence-electron chi connectivity index (χ1n) is 9.19. The minimum absolute atomic E-state index is 0.392. The van der Waals surface area contributed by atoms with Crippen LogP contribution in [-0.2, 0) is 19.2 Å². The second kappa shape index (κ2) is 7.63. The van der Waals surface area contributed by atoms with Gasteiger partial charge in [-0.3, -0.25) is 9.59 Å². The van der Waals surface area contributed by atoms with Gasteiger partial charge in [-0.1, -0.05) is 22.9 Å². The van der Waals surface area contributed by atoms with Crippen LogP contribution in [0.3, 0.4) is 0 Å². The number of nitrogens with zero attached hydrogens (tertiary/aromatic N) is 4. The standard InChI is InChI=1S/C20H25N4O6/c1-13(25)30-15-10-7-14(8-11-15)9-12-16-21-17-20(28-5,23(16)3)18(26)22(2)19(27)24(17,4)29-6/h7-12,17H,1-6H3/q+1. The Morgan fingerprint density at radius 3 is 2.33 bits per heavy atom. The van der Waals surface area contributed by atoms with Crippen molar-refractivity contribution in [3.63, 3.8) is 0 Å². The molecule has 2 heterocycles. The number of hydrogen-bond acceptors (Lipinski definition) is 8. The number of ether oxygens (including phenoxy) is 2. The summed E-state index contributed by atoms with van der Waals surface area (Å²) in [7, 11) is 7.40. The number of benzene rings is 1. The van der Waals surface area contributed by atoms with Gasteiger partial charge in [0.15, 0.2) is 0 Å². The first-order chi connectivity index (χ1) is 14.1. The lowest BCUT2D eigenvalue weighted by Crippen LogP contribution is -2.78. The number of quaternary nitrogens is 1. The van der Waals surface area contributed by atoms with E-state index in [9.17, 15) is 14.4 Å².